The van der Waals surface area contributed by atoms with Crippen LogP contribution >= 0.6 is 0 Å². The second kappa shape index (κ2) is 5.67. The average Bonchev–Trinajstić information content (AvgIpc) is 3.03. The molecule has 1 aromatic heterocycles. The highest BCUT2D eigenvalue weighted by molar-refractivity contribution is 7.86. The number of rotatable bonds is 3. The van der Waals surface area contributed by atoms with E-state index in [0.29, 0.717) is 39.3 Å². The van der Waals surface area contributed by atoms with E-state index in [1.807, 2.05) is 18.2 Å². The molecule has 0 aliphatic carbocycles. The van der Waals surface area contributed by atoms with Gasteiger partial charge in [0.15, 0.2) is 0 Å². The summed E-state index contributed by atoms with van der Waals surface area (Å²) in [6.45, 7) is 3.81. The zero-order chi connectivity index (χ0) is 14.0. The highest BCUT2D eigenvalue weighted by atomic mass is 32.2. The van der Waals surface area contributed by atoms with Gasteiger partial charge in [0.2, 0.25) is 0 Å². The van der Waals surface area contributed by atoms with Crippen molar-refractivity contribution in [3.63, 3.8) is 0 Å². The number of aromatic nitrogens is 1. The summed E-state index contributed by atoms with van der Waals surface area (Å²) >= 11 is 0. The minimum atomic E-state index is -3.25. The first-order valence-electron chi connectivity index (χ1n) is 7.09. The molecule has 0 unspecified atom stereocenters. The van der Waals surface area contributed by atoms with E-state index in [0.717, 1.165) is 18.7 Å². The normalized spacial score (nSPS) is 22.3. The first-order valence-corrected chi connectivity index (χ1v) is 8.49. The monoisotopic (exact) mass is 296 g/mol. The number of piperazine rings is 1. The van der Waals surface area contributed by atoms with Gasteiger partial charge in [-0.3, -0.25) is 0 Å². The summed E-state index contributed by atoms with van der Waals surface area (Å²) in [5.74, 6) is 0.922. The van der Waals surface area contributed by atoms with E-state index < -0.39 is 10.2 Å². The fourth-order valence-electron chi connectivity index (χ4n) is 2.77. The van der Waals surface area contributed by atoms with Crippen molar-refractivity contribution in [1.29, 1.82) is 0 Å². The molecule has 0 amide bonds. The van der Waals surface area contributed by atoms with E-state index in [9.17, 15) is 8.42 Å². The molecule has 6 nitrogen and oxygen atoms in total. The Morgan fingerprint density at radius 1 is 0.900 bits per heavy atom. The molecule has 0 bridgehead atoms. The van der Waals surface area contributed by atoms with Crippen molar-refractivity contribution in [2.24, 2.45) is 0 Å². The number of nitrogens with zero attached hydrogens (tertiary/aromatic N) is 4. The van der Waals surface area contributed by atoms with E-state index in [-0.39, 0.29) is 0 Å². The van der Waals surface area contributed by atoms with Crippen LogP contribution in [0, 0.1) is 0 Å². The SMILES string of the molecule is O=S(=O)(N1CCCC1)N1CCN(c2ccccn2)CC1. The van der Waals surface area contributed by atoms with Crippen LogP contribution in [-0.4, -0.2) is 61.3 Å². The van der Waals surface area contributed by atoms with Crippen molar-refractivity contribution in [2.45, 2.75) is 12.8 Å². The van der Waals surface area contributed by atoms with E-state index in [1.165, 1.54) is 0 Å². The zero-order valence-electron chi connectivity index (χ0n) is 11.5. The van der Waals surface area contributed by atoms with Crippen LogP contribution in [0.3, 0.4) is 0 Å². The number of hydrogen-bond donors (Lipinski definition) is 0. The summed E-state index contributed by atoms with van der Waals surface area (Å²) in [7, 11) is -3.25. The highest BCUT2D eigenvalue weighted by Gasteiger charge is 2.33. The van der Waals surface area contributed by atoms with Crippen LogP contribution in [0.25, 0.3) is 0 Å². The van der Waals surface area contributed by atoms with Crippen molar-refractivity contribution in [3.8, 4) is 0 Å². The van der Waals surface area contributed by atoms with Gasteiger partial charge in [-0.2, -0.15) is 17.0 Å². The fraction of sp³-hybridized carbons (Fsp3) is 0.615. The Morgan fingerprint density at radius 3 is 2.15 bits per heavy atom. The molecule has 2 saturated heterocycles. The maximum Gasteiger partial charge on any atom is 0.282 e. The Morgan fingerprint density at radius 2 is 1.55 bits per heavy atom. The number of hydrogen-bond acceptors (Lipinski definition) is 4. The van der Waals surface area contributed by atoms with Crippen LogP contribution in [0.1, 0.15) is 12.8 Å². The first kappa shape index (κ1) is 13.8. The smallest absolute Gasteiger partial charge is 0.282 e. The van der Waals surface area contributed by atoms with Crippen LogP contribution in [0.2, 0.25) is 0 Å². The van der Waals surface area contributed by atoms with E-state index in [4.69, 9.17) is 0 Å². The molecule has 0 aromatic carbocycles. The lowest BCUT2D eigenvalue weighted by molar-refractivity contribution is 0.343. The molecule has 2 aliphatic rings. The molecular formula is C13H20N4O2S. The molecule has 20 heavy (non-hydrogen) atoms. The third-order valence-electron chi connectivity index (χ3n) is 3.93. The molecule has 1 aromatic rings. The first-order chi connectivity index (χ1) is 9.68. The maximum absolute atomic E-state index is 12.4. The third kappa shape index (κ3) is 2.65. The molecule has 0 saturated carbocycles. The standard InChI is InChI=1S/C13H20N4O2S/c18-20(19,16-7-3-4-8-16)17-11-9-15(10-12-17)13-5-1-2-6-14-13/h1-2,5-6H,3-4,7-12H2. The summed E-state index contributed by atoms with van der Waals surface area (Å²) in [6, 6.07) is 5.80. The molecule has 2 fully saturated rings. The Kier molecular flexibility index (Phi) is 3.91. The molecule has 3 heterocycles. The summed E-state index contributed by atoms with van der Waals surface area (Å²) < 4.78 is 28.1. The average molecular weight is 296 g/mol. The molecule has 0 spiro atoms. The zero-order valence-corrected chi connectivity index (χ0v) is 12.3. The summed E-state index contributed by atoms with van der Waals surface area (Å²) in [5.41, 5.74) is 0. The predicted molar refractivity (Wildman–Crippen MR) is 77.7 cm³/mol. The van der Waals surface area contributed by atoms with Gasteiger partial charge < -0.3 is 4.90 Å². The lowest BCUT2D eigenvalue weighted by Crippen LogP contribution is -2.52. The molecule has 7 heteroatoms. The van der Waals surface area contributed by atoms with Gasteiger partial charge >= 0.3 is 0 Å². The van der Waals surface area contributed by atoms with Gasteiger partial charge in [0, 0.05) is 45.5 Å². The summed E-state index contributed by atoms with van der Waals surface area (Å²) in [6.07, 6.45) is 3.73. The van der Waals surface area contributed by atoms with E-state index in [2.05, 4.69) is 9.88 Å². The van der Waals surface area contributed by atoms with Crippen LogP contribution in [-0.2, 0) is 10.2 Å². The minimum Gasteiger partial charge on any atom is -0.354 e. The second-order valence-corrected chi connectivity index (χ2v) is 7.12. The molecule has 2 aliphatic heterocycles. The Hall–Kier alpha value is -1.18. The van der Waals surface area contributed by atoms with Crippen LogP contribution in [0.15, 0.2) is 24.4 Å². The molecule has 0 atom stereocenters. The highest BCUT2D eigenvalue weighted by Crippen LogP contribution is 2.19. The topological polar surface area (TPSA) is 56.8 Å². The van der Waals surface area contributed by atoms with Crippen molar-refractivity contribution in [3.05, 3.63) is 24.4 Å². The van der Waals surface area contributed by atoms with Crippen molar-refractivity contribution >= 4 is 16.0 Å². The van der Waals surface area contributed by atoms with Gasteiger partial charge in [-0.15, -0.1) is 0 Å². The number of pyridine rings is 1. The van der Waals surface area contributed by atoms with Crippen molar-refractivity contribution < 1.29 is 8.42 Å². The molecule has 110 valence electrons. The largest absolute Gasteiger partial charge is 0.354 e. The second-order valence-electron chi connectivity index (χ2n) is 5.19. The van der Waals surface area contributed by atoms with Crippen LogP contribution in [0.5, 0.6) is 0 Å². The molecular weight excluding hydrogens is 276 g/mol. The fourth-order valence-corrected chi connectivity index (χ4v) is 4.44. The Labute approximate surface area is 120 Å². The molecule has 0 N–H and O–H groups in total. The predicted octanol–water partition coefficient (Wildman–Crippen LogP) is 0.544. The van der Waals surface area contributed by atoms with Gasteiger partial charge in [-0.1, -0.05) is 6.07 Å². The van der Waals surface area contributed by atoms with Crippen LogP contribution in [0.4, 0.5) is 5.82 Å². The van der Waals surface area contributed by atoms with Crippen molar-refractivity contribution in [2.75, 3.05) is 44.2 Å². The lowest BCUT2D eigenvalue weighted by atomic mass is 10.3. The maximum atomic E-state index is 12.4. The Balaban J connectivity index is 1.64. The van der Waals surface area contributed by atoms with Crippen LogP contribution < -0.4 is 4.90 Å². The summed E-state index contributed by atoms with van der Waals surface area (Å²) in [4.78, 5) is 6.45. The van der Waals surface area contributed by atoms with Gasteiger partial charge in [0.05, 0.1) is 0 Å². The molecule has 3 rings (SSSR count). The van der Waals surface area contributed by atoms with Gasteiger partial charge in [-0.25, -0.2) is 4.98 Å². The van der Waals surface area contributed by atoms with Gasteiger partial charge in [0.1, 0.15) is 5.82 Å². The Bertz CT molecular complexity index is 535. The van der Waals surface area contributed by atoms with E-state index >= 15 is 0 Å². The third-order valence-corrected chi connectivity index (χ3v) is 5.96. The van der Waals surface area contributed by atoms with E-state index in [1.54, 1.807) is 14.8 Å². The lowest BCUT2D eigenvalue weighted by Gasteiger charge is -2.36. The quantitative estimate of drug-likeness (QED) is 0.817. The minimum absolute atomic E-state index is 0.537. The van der Waals surface area contributed by atoms with Crippen molar-refractivity contribution in [1.82, 2.24) is 13.6 Å². The summed E-state index contributed by atoms with van der Waals surface area (Å²) in [5, 5.41) is 0. The van der Waals surface area contributed by atoms with Gasteiger partial charge in [-0.05, 0) is 25.0 Å². The van der Waals surface area contributed by atoms with Gasteiger partial charge in [0.25, 0.3) is 10.2 Å². The molecule has 0 radical (unpaired) electrons. The number of anilines is 1.